The molecular formula is C20H20ClFN2O3. The van der Waals surface area contributed by atoms with E-state index in [1.54, 1.807) is 0 Å². The maximum Gasteiger partial charge on any atom is 0.227 e. The number of carbonyl (C=O) groups excluding carboxylic acids is 2. The van der Waals surface area contributed by atoms with Gasteiger partial charge in [-0.3, -0.25) is 9.59 Å². The predicted octanol–water partition coefficient (Wildman–Crippen LogP) is 3.55. The third kappa shape index (κ3) is 4.39. The van der Waals surface area contributed by atoms with E-state index in [2.05, 4.69) is 5.32 Å². The van der Waals surface area contributed by atoms with Crippen molar-refractivity contribution in [2.24, 2.45) is 5.92 Å². The van der Waals surface area contributed by atoms with Gasteiger partial charge in [0.25, 0.3) is 0 Å². The molecule has 0 radical (unpaired) electrons. The zero-order valence-electron chi connectivity index (χ0n) is 14.9. The summed E-state index contributed by atoms with van der Waals surface area (Å²) in [7, 11) is 0. The molecular weight excluding hydrogens is 371 g/mol. The summed E-state index contributed by atoms with van der Waals surface area (Å²) in [5.74, 6) is -0.682. The van der Waals surface area contributed by atoms with Crippen LogP contribution in [-0.2, 0) is 16.1 Å². The number of para-hydroxylation sites is 1. The molecule has 1 aliphatic rings. The fourth-order valence-corrected chi connectivity index (χ4v) is 3.23. The first-order chi connectivity index (χ1) is 13.0. The van der Waals surface area contributed by atoms with Gasteiger partial charge in [-0.15, -0.1) is 0 Å². The van der Waals surface area contributed by atoms with E-state index in [4.69, 9.17) is 16.3 Å². The van der Waals surface area contributed by atoms with Crippen LogP contribution in [0.3, 0.4) is 0 Å². The number of hydrogen-bond acceptors (Lipinski definition) is 3. The lowest BCUT2D eigenvalue weighted by Gasteiger charge is -2.17. The van der Waals surface area contributed by atoms with Gasteiger partial charge in [0.1, 0.15) is 11.6 Å². The summed E-state index contributed by atoms with van der Waals surface area (Å²) < 4.78 is 18.9. The highest BCUT2D eigenvalue weighted by molar-refractivity contribution is 6.31. The molecule has 0 aliphatic carbocycles. The van der Waals surface area contributed by atoms with Gasteiger partial charge in [0.2, 0.25) is 11.8 Å². The molecule has 0 unspecified atom stereocenters. The van der Waals surface area contributed by atoms with Crippen molar-refractivity contribution in [1.29, 1.82) is 0 Å². The number of amides is 2. The second kappa shape index (κ2) is 8.39. The van der Waals surface area contributed by atoms with Gasteiger partial charge in [0.05, 0.1) is 17.5 Å². The number of halogens is 2. The minimum absolute atomic E-state index is 0.0549. The van der Waals surface area contributed by atoms with Gasteiger partial charge >= 0.3 is 0 Å². The average molecular weight is 391 g/mol. The molecule has 1 N–H and O–H groups in total. The van der Waals surface area contributed by atoms with E-state index in [-0.39, 0.29) is 29.8 Å². The molecule has 5 nitrogen and oxygen atoms in total. The Labute approximate surface area is 162 Å². The van der Waals surface area contributed by atoms with Crippen molar-refractivity contribution in [2.75, 3.05) is 18.1 Å². The second-order valence-corrected chi connectivity index (χ2v) is 6.67. The Kier molecular flexibility index (Phi) is 5.96. The van der Waals surface area contributed by atoms with E-state index in [9.17, 15) is 14.0 Å². The number of rotatable bonds is 6. The largest absolute Gasteiger partial charge is 0.494 e. The van der Waals surface area contributed by atoms with E-state index in [0.29, 0.717) is 18.8 Å². The van der Waals surface area contributed by atoms with Crippen LogP contribution in [0.15, 0.2) is 42.5 Å². The predicted molar refractivity (Wildman–Crippen MR) is 101 cm³/mol. The van der Waals surface area contributed by atoms with Gasteiger partial charge in [0, 0.05) is 30.8 Å². The molecule has 1 saturated heterocycles. The van der Waals surface area contributed by atoms with Gasteiger partial charge in [0.15, 0.2) is 0 Å². The Balaban J connectivity index is 1.63. The lowest BCUT2D eigenvalue weighted by Crippen LogP contribution is -2.32. The highest BCUT2D eigenvalue weighted by Crippen LogP contribution is 2.28. The lowest BCUT2D eigenvalue weighted by molar-refractivity contribution is -0.126. The number of benzene rings is 2. The monoisotopic (exact) mass is 390 g/mol. The van der Waals surface area contributed by atoms with Crippen molar-refractivity contribution in [1.82, 2.24) is 5.32 Å². The standard InChI is InChI=1S/C20H20ClFN2O3/c1-2-27-18-6-4-3-5-13(18)11-23-20(26)14-9-19(25)24(12-14)15-7-8-17(22)16(21)10-15/h3-8,10,14H,2,9,11-12H2,1H3,(H,23,26)/t14-/m1/s1. The molecule has 0 bridgehead atoms. The number of carbonyl (C=O) groups is 2. The summed E-state index contributed by atoms with van der Waals surface area (Å²) in [5.41, 5.74) is 1.36. The first-order valence-corrected chi connectivity index (χ1v) is 9.11. The summed E-state index contributed by atoms with van der Waals surface area (Å²) in [6.07, 6.45) is 0.105. The maximum atomic E-state index is 13.3. The molecule has 1 fully saturated rings. The van der Waals surface area contributed by atoms with E-state index in [0.717, 1.165) is 11.3 Å². The SMILES string of the molecule is CCOc1ccccc1CNC(=O)[C@@H]1CC(=O)N(c2ccc(F)c(Cl)c2)C1. The van der Waals surface area contributed by atoms with Gasteiger partial charge in [-0.05, 0) is 31.2 Å². The van der Waals surface area contributed by atoms with E-state index in [1.165, 1.54) is 23.1 Å². The molecule has 0 saturated carbocycles. The molecule has 142 valence electrons. The van der Waals surface area contributed by atoms with Crippen LogP contribution >= 0.6 is 11.6 Å². The summed E-state index contributed by atoms with van der Waals surface area (Å²) >= 11 is 5.79. The minimum atomic E-state index is -0.547. The number of ether oxygens (including phenoxy) is 1. The Morgan fingerprint density at radius 1 is 1.33 bits per heavy atom. The van der Waals surface area contributed by atoms with Crippen molar-refractivity contribution in [3.8, 4) is 5.75 Å². The van der Waals surface area contributed by atoms with Gasteiger partial charge in [-0.2, -0.15) is 0 Å². The Bertz CT molecular complexity index is 859. The second-order valence-electron chi connectivity index (χ2n) is 6.26. The van der Waals surface area contributed by atoms with Crippen molar-refractivity contribution in [3.05, 3.63) is 58.9 Å². The molecule has 0 aromatic heterocycles. The lowest BCUT2D eigenvalue weighted by atomic mass is 10.1. The third-order valence-corrected chi connectivity index (χ3v) is 4.73. The molecule has 0 spiro atoms. The van der Waals surface area contributed by atoms with Crippen LogP contribution in [0.4, 0.5) is 10.1 Å². The van der Waals surface area contributed by atoms with E-state index in [1.807, 2.05) is 31.2 Å². The molecule has 3 rings (SSSR count). The molecule has 7 heteroatoms. The number of nitrogens with one attached hydrogen (secondary N) is 1. The van der Waals surface area contributed by atoms with Gasteiger partial charge in [-0.25, -0.2) is 4.39 Å². The molecule has 2 amide bonds. The highest BCUT2D eigenvalue weighted by atomic mass is 35.5. The van der Waals surface area contributed by atoms with Crippen LogP contribution in [0.25, 0.3) is 0 Å². The molecule has 2 aromatic rings. The first kappa shape index (κ1) is 19.2. The molecule has 27 heavy (non-hydrogen) atoms. The van der Waals surface area contributed by atoms with Crippen molar-refractivity contribution in [2.45, 2.75) is 19.9 Å². The highest BCUT2D eigenvalue weighted by Gasteiger charge is 2.35. The molecule has 1 heterocycles. The molecule has 2 aromatic carbocycles. The Morgan fingerprint density at radius 2 is 2.11 bits per heavy atom. The first-order valence-electron chi connectivity index (χ1n) is 8.73. The average Bonchev–Trinajstić information content (AvgIpc) is 3.05. The summed E-state index contributed by atoms with van der Waals surface area (Å²) in [5, 5.41) is 2.81. The fourth-order valence-electron chi connectivity index (χ4n) is 3.06. The van der Waals surface area contributed by atoms with Gasteiger partial charge < -0.3 is 15.0 Å². The zero-order valence-corrected chi connectivity index (χ0v) is 15.6. The van der Waals surface area contributed by atoms with Crippen LogP contribution in [0.2, 0.25) is 5.02 Å². The third-order valence-electron chi connectivity index (χ3n) is 4.44. The quantitative estimate of drug-likeness (QED) is 0.820. The summed E-state index contributed by atoms with van der Waals surface area (Å²) in [6, 6.07) is 11.6. The zero-order chi connectivity index (χ0) is 19.4. The minimum Gasteiger partial charge on any atom is -0.494 e. The number of nitrogens with zero attached hydrogens (tertiary/aromatic N) is 1. The van der Waals surface area contributed by atoms with Crippen LogP contribution < -0.4 is 15.0 Å². The number of hydrogen-bond donors (Lipinski definition) is 1. The van der Waals surface area contributed by atoms with Crippen molar-refractivity contribution < 1.29 is 18.7 Å². The normalized spacial score (nSPS) is 16.5. The summed E-state index contributed by atoms with van der Waals surface area (Å²) in [4.78, 5) is 26.3. The van der Waals surface area contributed by atoms with Crippen LogP contribution in [0, 0.1) is 11.7 Å². The maximum absolute atomic E-state index is 13.3. The molecule has 1 aliphatic heterocycles. The molecule has 1 atom stereocenters. The topological polar surface area (TPSA) is 58.6 Å². The van der Waals surface area contributed by atoms with E-state index >= 15 is 0 Å². The Hall–Kier alpha value is -2.60. The Morgan fingerprint density at radius 3 is 2.85 bits per heavy atom. The summed E-state index contributed by atoms with van der Waals surface area (Å²) in [6.45, 7) is 2.99. The van der Waals surface area contributed by atoms with Crippen LogP contribution in [-0.4, -0.2) is 25.0 Å². The smallest absolute Gasteiger partial charge is 0.227 e. The fraction of sp³-hybridized carbons (Fsp3) is 0.300. The van der Waals surface area contributed by atoms with Crippen molar-refractivity contribution in [3.63, 3.8) is 0 Å². The van der Waals surface area contributed by atoms with Crippen LogP contribution in [0.1, 0.15) is 18.9 Å². The van der Waals surface area contributed by atoms with Crippen molar-refractivity contribution >= 4 is 29.1 Å². The van der Waals surface area contributed by atoms with Crippen LogP contribution in [0.5, 0.6) is 5.75 Å². The number of anilines is 1. The van der Waals surface area contributed by atoms with Gasteiger partial charge in [-0.1, -0.05) is 29.8 Å². The van der Waals surface area contributed by atoms with E-state index < -0.39 is 11.7 Å².